The summed E-state index contributed by atoms with van der Waals surface area (Å²) in [4.78, 5) is 11.7. The molecule has 0 radical (unpaired) electrons. The molecular weight excluding hydrogens is 272 g/mol. The third kappa shape index (κ3) is 2.36. The van der Waals surface area contributed by atoms with Gasteiger partial charge in [0.15, 0.2) is 0 Å². The Labute approximate surface area is 103 Å². The fourth-order valence-electron chi connectivity index (χ4n) is 1.47. The number of carbonyl (C=O) groups is 1. The first-order valence-electron chi connectivity index (χ1n) is 4.78. The number of nitrogens with two attached hydrogens (primary N) is 1. The van der Waals surface area contributed by atoms with E-state index in [0.717, 1.165) is 10.0 Å². The lowest BCUT2D eigenvalue weighted by Gasteiger charge is -2.25. The number of ether oxygens (including phenoxy) is 1. The number of rotatable bonds is 3. The van der Waals surface area contributed by atoms with E-state index in [1.165, 1.54) is 0 Å². The molecule has 0 aliphatic heterocycles. The van der Waals surface area contributed by atoms with Crippen LogP contribution in [0.5, 0.6) is 5.75 Å². The van der Waals surface area contributed by atoms with Gasteiger partial charge in [0, 0.05) is 10.0 Å². The lowest BCUT2D eigenvalue weighted by atomic mass is 9.83. The van der Waals surface area contributed by atoms with Gasteiger partial charge < -0.3 is 4.74 Å². The van der Waals surface area contributed by atoms with E-state index in [1.54, 1.807) is 21.0 Å². The van der Waals surface area contributed by atoms with Crippen LogP contribution in [-0.4, -0.2) is 13.0 Å². The molecule has 0 fully saturated rings. The molecule has 1 aromatic rings. The van der Waals surface area contributed by atoms with E-state index in [0.29, 0.717) is 5.75 Å². The van der Waals surface area contributed by atoms with Crippen molar-refractivity contribution in [2.24, 2.45) is 5.84 Å². The van der Waals surface area contributed by atoms with Gasteiger partial charge in [0.05, 0.1) is 12.5 Å². The second-order valence-electron chi connectivity index (χ2n) is 3.94. The molecule has 0 unspecified atom stereocenters. The van der Waals surface area contributed by atoms with E-state index in [-0.39, 0.29) is 5.91 Å². The first-order chi connectivity index (χ1) is 7.43. The molecule has 3 N–H and O–H groups in total. The van der Waals surface area contributed by atoms with Gasteiger partial charge in [0.2, 0.25) is 5.91 Å². The Balaban J connectivity index is 3.30. The molecule has 0 saturated heterocycles. The van der Waals surface area contributed by atoms with Crippen molar-refractivity contribution in [3.63, 3.8) is 0 Å². The summed E-state index contributed by atoms with van der Waals surface area (Å²) in [6.45, 7) is 3.58. The largest absolute Gasteiger partial charge is 0.496 e. The Hall–Kier alpha value is -1.07. The first-order valence-corrected chi connectivity index (χ1v) is 5.58. The molecule has 0 saturated carbocycles. The second kappa shape index (κ2) is 4.84. The number of carbonyl (C=O) groups excluding carboxylic acids is 1. The number of nitrogens with one attached hydrogen (secondary N) is 1. The zero-order chi connectivity index (χ0) is 12.3. The SMILES string of the molecule is COc1ccc(Br)cc1C(C)(C)C(=O)NN. The standard InChI is InChI=1S/C11H15BrN2O2/c1-11(2,10(15)14-13)8-6-7(12)4-5-9(8)16-3/h4-6H,13H2,1-3H3,(H,14,15). The van der Waals surface area contributed by atoms with Crippen LogP contribution in [0.2, 0.25) is 0 Å². The van der Waals surface area contributed by atoms with E-state index >= 15 is 0 Å². The summed E-state index contributed by atoms with van der Waals surface area (Å²) in [7, 11) is 1.57. The van der Waals surface area contributed by atoms with Crippen LogP contribution in [0, 0.1) is 0 Å². The van der Waals surface area contributed by atoms with Gasteiger partial charge in [-0.25, -0.2) is 5.84 Å². The summed E-state index contributed by atoms with van der Waals surface area (Å²) in [6, 6.07) is 5.53. The number of amides is 1. The van der Waals surface area contributed by atoms with Crippen LogP contribution in [0.1, 0.15) is 19.4 Å². The van der Waals surface area contributed by atoms with Gasteiger partial charge in [-0.1, -0.05) is 15.9 Å². The molecule has 5 heteroatoms. The van der Waals surface area contributed by atoms with Crippen molar-refractivity contribution in [1.29, 1.82) is 0 Å². The minimum atomic E-state index is -0.746. The van der Waals surface area contributed by atoms with Gasteiger partial charge in [-0.2, -0.15) is 0 Å². The molecular formula is C11H15BrN2O2. The minimum Gasteiger partial charge on any atom is -0.496 e. The average Bonchev–Trinajstić information content (AvgIpc) is 2.27. The van der Waals surface area contributed by atoms with Gasteiger partial charge in [-0.15, -0.1) is 0 Å². The summed E-state index contributed by atoms with van der Waals surface area (Å²) >= 11 is 3.37. The molecule has 0 spiro atoms. The van der Waals surface area contributed by atoms with E-state index in [4.69, 9.17) is 10.6 Å². The molecule has 1 amide bonds. The van der Waals surface area contributed by atoms with Crippen molar-refractivity contribution < 1.29 is 9.53 Å². The lowest BCUT2D eigenvalue weighted by molar-refractivity contribution is -0.125. The summed E-state index contributed by atoms with van der Waals surface area (Å²) in [5, 5.41) is 0. The predicted octanol–water partition coefficient (Wildman–Crippen LogP) is 1.73. The molecule has 4 nitrogen and oxygen atoms in total. The van der Waals surface area contributed by atoms with Crippen molar-refractivity contribution in [1.82, 2.24) is 5.43 Å². The maximum absolute atomic E-state index is 11.7. The zero-order valence-corrected chi connectivity index (χ0v) is 11.1. The summed E-state index contributed by atoms with van der Waals surface area (Å²) in [5.74, 6) is 5.58. The van der Waals surface area contributed by atoms with Crippen LogP contribution in [-0.2, 0) is 10.2 Å². The van der Waals surface area contributed by atoms with Crippen LogP contribution in [0.15, 0.2) is 22.7 Å². The Morgan fingerprint density at radius 1 is 1.50 bits per heavy atom. The van der Waals surface area contributed by atoms with Crippen LogP contribution < -0.4 is 16.0 Å². The van der Waals surface area contributed by atoms with Gasteiger partial charge in [0.1, 0.15) is 5.75 Å². The molecule has 1 rings (SSSR count). The molecule has 16 heavy (non-hydrogen) atoms. The lowest BCUT2D eigenvalue weighted by Crippen LogP contribution is -2.43. The number of hydrogen-bond acceptors (Lipinski definition) is 3. The maximum Gasteiger partial charge on any atom is 0.244 e. The summed E-state index contributed by atoms with van der Waals surface area (Å²) < 4.78 is 6.13. The highest BCUT2D eigenvalue weighted by molar-refractivity contribution is 9.10. The minimum absolute atomic E-state index is 0.260. The average molecular weight is 287 g/mol. The topological polar surface area (TPSA) is 64.3 Å². The normalized spacial score (nSPS) is 11.1. The van der Waals surface area contributed by atoms with Crippen molar-refractivity contribution >= 4 is 21.8 Å². The van der Waals surface area contributed by atoms with Crippen molar-refractivity contribution in [3.8, 4) is 5.75 Å². The summed E-state index contributed by atoms with van der Waals surface area (Å²) in [5.41, 5.74) is 2.20. The molecule has 0 aromatic heterocycles. The molecule has 0 atom stereocenters. The smallest absolute Gasteiger partial charge is 0.244 e. The Morgan fingerprint density at radius 3 is 2.62 bits per heavy atom. The maximum atomic E-state index is 11.7. The highest BCUT2D eigenvalue weighted by Crippen LogP contribution is 2.33. The third-order valence-corrected chi connectivity index (χ3v) is 3.03. The molecule has 0 aliphatic rings. The van der Waals surface area contributed by atoms with E-state index in [1.807, 2.05) is 18.2 Å². The molecule has 0 heterocycles. The highest BCUT2D eigenvalue weighted by atomic mass is 79.9. The predicted molar refractivity (Wildman–Crippen MR) is 66.1 cm³/mol. The first kappa shape index (κ1) is 13.0. The molecule has 0 aliphatic carbocycles. The van der Waals surface area contributed by atoms with Crippen LogP contribution in [0.25, 0.3) is 0 Å². The number of hydrazine groups is 1. The van der Waals surface area contributed by atoms with Crippen LogP contribution in [0.3, 0.4) is 0 Å². The van der Waals surface area contributed by atoms with Gasteiger partial charge in [-0.05, 0) is 32.0 Å². The van der Waals surface area contributed by atoms with Crippen molar-refractivity contribution in [2.45, 2.75) is 19.3 Å². The van der Waals surface area contributed by atoms with E-state index < -0.39 is 5.41 Å². The van der Waals surface area contributed by atoms with Gasteiger partial charge in [-0.3, -0.25) is 10.2 Å². The number of methoxy groups -OCH3 is 1. The quantitative estimate of drug-likeness (QED) is 0.505. The van der Waals surface area contributed by atoms with Crippen LogP contribution >= 0.6 is 15.9 Å². The van der Waals surface area contributed by atoms with E-state index in [2.05, 4.69) is 21.4 Å². The van der Waals surface area contributed by atoms with E-state index in [9.17, 15) is 4.79 Å². The number of hydrogen-bond donors (Lipinski definition) is 2. The number of benzene rings is 1. The third-order valence-electron chi connectivity index (χ3n) is 2.53. The highest BCUT2D eigenvalue weighted by Gasteiger charge is 2.32. The summed E-state index contributed by atoms with van der Waals surface area (Å²) in [6.07, 6.45) is 0. The Kier molecular flexibility index (Phi) is 3.93. The number of halogens is 1. The fraction of sp³-hybridized carbons (Fsp3) is 0.364. The molecule has 1 aromatic carbocycles. The monoisotopic (exact) mass is 286 g/mol. The van der Waals surface area contributed by atoms with Crippen LogP contribution in [0.4, 0.5) is 0 Å². The van der Waals surface area contributed by atoms with Gasteiger partial charge >= 0.3 is 0 Å². The Bertz CT molecular complexity index is 405. The molecule has 88 valence electrons. The zero-order valence-electron chi connectivity index (χ0n) is 9.50. The van der Waals surface area contributed by atoms with Gasteiger partial charge in [0.25, 0.3) is 0 Å². The fourth-order valence-corrected chi connectivity index (χ4v) is 1.83. The van der Waals surface area contributed by atoms with Crippen molar-refractivity contribution in [3.05, 3.63) is 28.2 Å². The Morgan fingerprint density at radius 2 is 2.12 bits per heavy atom. The second-order valence-corrected chi connectivity index (χ2v) is 4.86. The van der Waals surface area contributed by atoms with Crippen molar-refractivity contribution in [2.75, 3.05) is 7.11 Å². The molecule has 0 bridgehead atoms.